The maximum atomic E-state index is 13.3. The van der Waals surface area contributed by atoms with Gasteiger partial charge in [0.05, 0.1) is 19.9 Å². The van der Waals surface area contributed by atoms with Crippen molar-refractivity contribution in [2.45, 2.75) is 50.7 Å². The Labute approximate surface area is 176 Å². The third-order valence-electron chi connectivity index (χ3n) is 5.28. The molecule has 0 saturated heterocycles. The smallest absolute Gasteiger partial charge is 0.247 e. The molecule has 0 unspecified atom stereocenters. The molecule has 2 aromatic rings. The molecule has 1 heterocycles. The van der Waals surface area contributed by atoms with E-state index in [4.69, 9.17) is 20.8 Å². The van der Waals surface area contributed by atoms with Crippen LogP contribution in [-0.4, -0.2) is 35.7 Å². The molecular weight excluding hydrogens is 392 g/mol. The molecule has 1 saturated carbocycles. The van der Waals surface area contributed by atoms with Crippen molar-refractivity contribution in [2.24, 2.45) is 0 Å². The van der Waals surface area contributed by atoms with Crippen LogP contribution in [-0.2, 0) is 16.1 Å². The first kappa shape index (κ1) is 21.2. The van der Waals surface area contributed by atoms with Gasteiger partial charge in [0.2, 0.25) is 11.8 Å². The predicted octanol–water partition coefficient (Wildman–Crippen LogP) is 4.05. The summed E-state index contributed by atoms with van der Waals surface area (Å²) in [7, 11) is 1.59. The summed E-state index contributed by atoms with van der Waals surface area (Å²) < 4.78 is 10.7. The molecule has 2 amide bonds. The van der Waals surface area contributed by atoms with Gasteiger partial charge in [0, 0.05) is 6.04 Å². The zero-order chi connectivity index (χ0) is 20.6. The largest absolute Gasteiger partial charge is 0.497 e. The van der Waals surface area contributed by atoms with Crippen molar-refractivity contribution >= 4 is 23.4 Å². The van der Waals surface area contributed by atoms with Gasteiger partial charge >= 0.3 is 0 Å². The van der Waals surface area contributed by atoms with Crippen LogP contribution in [0.25, 0.3) is 0 Å². The second kappa shape index (κ2) is 10.3. The summed E-state index contributed by atoms with van der Waals surface area (Å²) in [5.41, 5.74) is 0.698. The number of nitrogens with zero attached hydrogens (tertiary/aromatic N) is 1. The lowest BCUT2D eigenvalue weighted by atomic mass is 9.94. The first-order chi connectivity index (χ1) is 14.1. The molecule has 1 aliphatic rings. The van der Waals surface area contributed by atoms with E-state index in [2.05, 4.69) is 5.32 Å². The molecule has 29 heavy (non-hydrogen) atoms. The van der Waals surface area contributed by atoms with Gasteiger partial charge < -0.3 is 19.4 Å². The summed E-state index contributed by atoms with van der Waals surface area (Å²) >= 11 is 5.89. The molecule has 156 valence electrons. The minimum Gasteiger partial charge on any atom is -0.497 e. The minimum atomic E-state index is -0.806. The Bertz CT molecular complexity index is 786. The van der Waals surface area contributed by atoms with Gasteiger partial charge in [0.15, 0.2) is 0 Å². The van der Waals surface area contributed by atoms with Crippen molar-refractivity contribution in [3.8, 4) is 5.75 Å². The quantitative estimate of drug-likeness (QED) is 0.656. The minimum absolute atomic E-state index is 0.133. The second-order valence-corrected chi connectivity index (χ2v) is 7.52. The molecule has 1 fully saturated rings. The molecule has 1 aromatic heterocycles. The van der Waals surface area contributed by atoms with E-state index in [0.29, 0.717) is 17.1 Å². The average Bonchev–Trinajstić information content (AvgIpc) is 3.27. The van der Waals surface area contributed by atoms with Crippen LogP contribution in [0.4, 0.5) is 0 Å². The number of carbonyl (C=O) groups excluding carboxylic acids is 2. The Morgan fingerprint density at radius 3 is 2.52 bits per heavy atom. The number of methoxy groups -OCH3 is 1. The Kier molecular flexibility index (Phi) is 7.58. The fourth-order valence-electron chi connectivity index (χ4n) is 3.76. The number of halogens is 1. The van der Waals surface area contributed by atoms with Crippen LogP contribution in [0.15, 0.2) is 47.1 Å². The molecule has 0 bridgehead atoms. The summed E-state index contributed by atoms with van der Waals surface area (Å²) in [6.07, 6.45) is 6.88. The maximum Gasteiger partial charge on any atom is 0.247 e. The van der Waals surface area contributed by atoms with Gasteiger partial charge in [-0.05, 0) is 42.7 Å². The van der Waals surface area contributed by atoms with Crippen LogP contribution in [0.2, 0.25) is 0 Å². The number of hydrogen-bond acceptors (Lipinski definition) is 4. The van der Waals surface area contributed by atoms with E-state index in [-0.39, 0.29) is 30.3 Å². The van der Waals surface area contributed by atoms with Crippen molar-refractivity contribution in [1.82, 2.24) is 10.2 Å². The molecule has 1 aliphatic carbocycles. The Balaban J connectivity index is 1.91. The molecule has 1 atom stereocenters. The van der Waals surface area contributed by atoms with Crippen LogP contribution in [0.5, 0.6) is 5.75 Å². The molecule has 3 rings (SSSR count). The highest BCUT2D eigenvalue weighted by Gasteiger charge is 2.33. The first-order valence-electron chi connectivity index (χ1n) is 9.94. The summed E-state index contributed by atoms with van der Waals surface area (Å²) in [5, 5.41) is 3.15. The van der Waals surface area contributed by atoms with Crippen LogP contribution in [0.1, 0.15) is 49.5 Å². The average molecular weight is 419 g/mol. The number of nitrogens with one attached hydrogen (secondary N) is 1. The molecule has 1 aromatic carbocycles. The van der Waals surface area contributed by atoms with Crippen LogP contribution < -0.4 is 10.1 Å². The number of furan rings is 1. The molecule has 0 aliphatic heterocycles. The van der Waals surface area contributed by atoms with Gasteiger partial charge in [-0.1, -0.05) is 31.4 Å². The van der Waals surface area contributed by atoms with E-state index < -0.39 is 6.04 Å². The SMILES string of the molecule is COc1ccc([C@H](C(=O)NC2CCCCC2)N(Cc2ccco2)C(=O)CCl)cc1. The molecule has 1 N–H and O–H groups in total. The lowest BCUT2D eigenvalue weighted by Crippen LogP contribution is -2.47. The molecular formula is C22H27ClN2O4. The predicted molar refractivity (Wildman–Crippen MR) is 111 cm³/mol. The Hall–Kier alpha value is -2.47. The van der Waals surface area contributed by atoms with Crippen LogP contribution >= 0.6 is 11.6 Å². The first-order valence-corrected chi connectivity index (χ1v) is 10.5. The number of carbonyl (C=O) groups is 2. The van der Waals surface area contributed by atoms with E-state index in [1.165, 1.54) is 11.3 Å². The summed E-state index contributed by atoms with van der Waals surface area (Å²) in [5.74, 6) is 0.521. The van der Waals surface area contributed by atoms with Gasteiger partial charge in [0.1, 0.15) is 23.4 Å². The number of hydrogen-bond donors (Lipinski definition) is 1. The highest BCUT2D eigenvalue weighted by molar-refractivity contribution is 6.27. The monoisotopic (exact) mass is 418 g/mol. The van der Waals surface area contributed by atoms with Crippen molar-refractivity contribution in [3.63, 3.8) is 0 Å². The number of alkyl halides is 1. The molecule has 0 spiro atoms. The van der Waals surface area contributed by atoms with Crippen molar-refractivity contribution in [2.75, 3.05) is 13.0 Å². The lowest BCUT2D eigenvalue weighted by Gasteiger charge is -2.32. The second-order valence-electron chi connectivity index (χ2n) is 7.25. The number of ether oxygens (including phenoxy) is 1. The number of rotatable bonds is 8. The van der Waals surface area contributed by atoms with E-state index in [9.17, 15) is 9.59 Å². The van der Waals surface area contributed by atoms with Crippen molar-refractivity contribution in [3.05, 3.63) is 54.0 Å². The highest BCUT2D eigenvalue weighted by Crippen LogP contribution is 2.27. The summed E-state index contributed by atoms with van der Waals surface area (Å²) in [6.45, 7) is 0.160. The lowest BCUT2D eigenvalue weighted by molar-refractivity contribution is -0.140. The van der Waals surface area contributed by atoms with E-state index in [1.807, 2.05) is 0 Å². The fraction of sp³-hybridized carbons (Fsp3) is 0.455. The van der Waals surface area contributed by atoms with E-state index in [0.717, 1.165) is 25.7 Å². The molecule has 7 heteroatoms. The maximum absolute atomic E-state index is 13.3. The summed E-state index contributed by atoms with van der Waals surface area (Å²) in [4.78, 5) is 27.5. The van der Waals surface area contributed by atoms with Crippen molar-refractivity contribution in [1.29, 1.82) is 0 Å². The third-order valence-corrected chi connectivity index (χ3v) is 5.51. The van der Waals surface area contributed by atoms with Gasteiger partial charge in [-0.15, -0.1) is 11.6 Å². The van der Waals surface area contributed by atoms with Crippen LogP contribution in [0, 0.1) is 0 Å². The van der Waals surface area contributed by atoms with Gasteiger partial charge in [-0.3, -0.25) is 9.59 Å². The van der Waals surface area contributed by atoms with Gasteiger partial charge in [0.25, 0.3) is 0 Å². The molecule has 6 nitrogen and oxygen atoms in total. The standard InChI is InChI=1S/C22H27ClN2O4/c1-28-18-11-9-16(10-12-18)21(22(27)24-17-6-3-2-4-7-17)25(20(26)14-23)15-19-8-5-13-29-19/h5,8-13,17,21H,2-4,6-7,14-15H2,1H3,(H,24,27)/t21-/m1/s1. The zero-order valence-electron chi connectivity index (χ0n) is 16.6. The topological polar surface area (TPSA) is 71.8 Å². The van der Waals surface area contributed by atoms with Gasteiger partial charge in [-0.25, -0.2) is 0 Å². The zero-order valence-corrected chi connectivity index (χ0v) is 17.4. The summed E-state index contributed by atoms with van der Waals surface area (Å²) in [6, 6.07) is 10.0. The van der Waals surface area contributed by atoms with E-state index >= 15 is 0 Å². The number of benzene rings is 1. The molecule has 0 radical (unpaired) electrons. The fourth-order valence-corrected chi connectivity index (χ4v) is 3.91. The third kappa shape index (κ3) is 5.54. The highest BCUT2D eigenvalue weighted by atomic mass is 35.5. The van der Waals surface area contributed by atoms with E-state index in [1.54, 1.807) is 49.8 Å². The Morgan fingerprint density at radius 1 is 1.21 bits per heavy atom. The Morgan fingerprint density at radius 2 is 1.93 bits per heavy atom. The van der Waals surface area contributed by atoms with Crippen molar-refractivity contribution < 1.29 is 18.7 Å². The normalized spacial score (nSPS) is 15.5. The number of amides is 2. The van der Waals surface area contributed by atoms with Gasteiger partial charge in [-0.2, -0.15) is 0 Å². The van der Waals surface area contributed by atoms with Crippen LogP contribution in [0.3, 0.4) is 0 Å².